The van der Waals surface area contributed by atoms with Crippen molar-refractivity contribution in [2.75, 3.05) is 26.2 Å². The Kier molecular flexibility index (Phi) is 7.23. The molecule has 0 aliphatic carbocycles. The Balaban J connectivity index is 2.95. The lowest BCUT2D eigenvalue weighted by molar-refractivity contribution is 0.133. The summed E-state index contributed by atoms with van der Waals surface area (Å²) in [6.45, 7) is 10.7. The molecule has 1 rings (SSSR count). The smallest absolute Gasteiger partial charge is 0.191 e. The van der Waals surface area contributed by atoms with Crippen LogP contribution < -0.4 is 10.6 Å². The van der Waals surface area contributed by atoms with Crippen molar-refractivity contribution in [2.24, 2.45) is 10.4 Å². The summed E-state index contributed by atoms with van der Waals surface area (Å²) in [6.07, 6.45) is 0. The van der Waals surface area contributed by atoms with Gasteiger partial charge in [-0.3, -0.25) is 4.99 Å². The second-order valence-electron chi connectivity index (χ2n) is 5.86. The summed E-state index contributed by atoms with van der Waals surface area (Å²) in [5.41, 5.74) is 1.00. The second kappa shape index (κ2) is 8.67. The average Bonchev–Trinajstić information content (AvgIpc) is 2.48. The Morgan fingerprint density at radius 2 is 1.71 bits per heavy atom. The molecular formula is C17H29N3O. The van der Waals surface area contributed by atoms with E-state index in [0.29, 0.717) is 6.54 Å². The molecule has 0 fully saturated rings. The van der Waals surface area contributed by atoms with Crippen LogP contribution in [0.15, 0.2) is 35.3 Å². The summed E-state index contributed by atoms with van der Waals surface area (Å²) in [5.74, 6) is 1.01. The van der Waals surface area contributed by atoms with Crippen molar-refractivity contribution in [3.63, 3.8) is 0 Å². The van der Waals surface area contributed by atoms with Crippen LogP contribution in [0.2, 0.25) is 0 Å². The number of aliphatic hydroxyl groups excluding tert-OH is 1. The van der Waals surface area contributed by atoms with Gasteiger partial charge in [-0.05, 0) is 24.8 Å². The molecule has 1 aromatic rings. The van der Waals surface area contributed by atoms with Crippen LogP contribution in [0.25, 0.3) is 0 Å². The van der Waals surface area contributed by atoms with Gasteiger partial charge in [-0.2, -0.15) is 0 Å². The standard InChI is InChI=1S/C17H29N3O/c1-5-18-16(19-6-2)20-12-15(17(3,4)13-21)14-10-8-7-9-11-14/h7-11,15,21H,5-6,12-13H2,1-4H3,(H2,18,19,20). The molecule has 0 bridgehead atoms. The molecule has 1 unspecified atom stereocenters. The van der Waals surface area contributed by atoms with Crippen molar-refractivity contribution < 1.29 is 5.11 Å². The first-order chi connectivity index (χ1) is 10.0. The number of aliphatic imine (C=N–C) groups is 1. The first-order valence-electron chi connectivity index (χ1n) is 7.73. The average molecular weight is 291 g/mol. The highest BCUT2D eigenvalue weighted by Gasteiger charge is 2.30. The van der Waals surface area contributed by atoms with Gasteiger partial charge in [-0.15, -0.1) is 0 Å². The van der Waals surface area contributed by atoms with Crippen molar-refractivity contribution in [3.8, 4) is 0 Å². The minimum atomic E-state index is -0.214. The summed E-state index contributed by atoms with van der Waals surface area (Å²) in [7, 11) is 0. The molecule has 4 heteroatoms. The number of nitrogens with zero attached hydrogens (tertiary/aromatic N) is 1. The molecule has 0 saturated heterocycles. The lowest BCUT2D eigenvalue weighted by Gasteiger charge is -2.32. The lowest BCUT2D eigenvalue weighted by atomic mass is 9.75. The van der Waals surface area contributed by atoms with Gasteiger partial charge < -0.3 is 15.7 Å². The fourth-order valence-electron chi connectivity index (χ4n) is 2.29. The molecule has 1 atom stereocenters. The Labute approximate surface area is 128 Å². The Morgan fingerprint density at radius 1 is 1.14 bits per heavy atom. The maximum Gasteiger partial charge on any atom is 0.191 e. The molecule has 0 saturated carbocycles. The molecule has 0 spiro atoms. The first-order valence-corrected chi connectivity index (χ1v) is 7.73. The van der Waals surface area contributed by atoms with Crippen LogP contribution >= 0.6 is 0 Å². The molecule has 4 nitrogen and oxygen atoms in total. The largest absolute Gasteiger partial charge is 0.396 e. The van der Waals surface area contributed by atoms with Gasteiger partial charge in [0.15, 0.2) is 5.96 Å². The molecule has 0 heterocycles. The third kappa shape index (κ3) is 5.38. The van der Waals surface area contributed by atoms with Gasteiger partial charge in [0.2, 0.25) is 0 Å². The quantitative estimate of drug-likeness (QED) is 0.534. The van der Waals surface area contributed by atoms with E-state index in [1.807, 2.05) is 18.2 Å². The topological polar surface area (TPSA) is 56.7 Å². The molecule has 0 aromatic heterocycles. The highest BCUT2D eigenvalue weighted by molar-refractivity contribution is 5.79. The first kappa shape index (κ1) is 17.5. The maximum absolute atomic E-state index is 9.72. The van der Waals surface area contributed by atoms with Crippen molar-refractivity contribution in [3.05, 3.63) is 35.9 Å². The predicted molar refractivity (Wildman–Crippen MR) is 89.7 cm³/mol. The Morgan fingerprint density at radius 3 is 2.19 bits per heavy atom. The zero-order valence-electron chi connectivity index (χ0n) is 13.7. The predicted octanol–water partition coefficient (Wildman–Crippen LogP) is 2.36. The van der Waals surface area contributed by atoms with E-state index < -0.39 is 0 Å². The van der Waals surface area contributed by atoms with E-state index in [1.54, 1.807) is 0 Å². The van der Waals surface area contributed by atoms with Crippen molar-refractivity contribution in [1.82, 2.24) is 10.6 Å². The van der Waals surface area contributed by atoms with Crippen LogP contribution in [-0.4, -0.2) is 37.3 Å². The van der Waals surface area contributed by atoms with Crippen LogP contribution in [0.1, 0.15) is 39.2 Å². The highest BCUT2D eigenvalue weighted by Crippen LogP contribution is 2.35. The fourth-order valence-corrected chi connectivity index (χ4v) is 2.29. The van der Waals surface area contributed by atoms with E-state index in [2.05, 4.69) is 55.5 Å². The maximum atomic E-state index is 9.72. The van der Waals surface area contributed by atoms with E-state index in [9.17, 15) is 5.11 Å². The number of aliphatic hydroxyl groups is 1. The monoisotopic (exact) mass is 291 g/mol. The number of hydrogen-bond donors (Lipinski definition) is 3. The zero-order valence-corrected chi connectivity index (χ0v) is 13.7. The molecule has 0 aliphatic rings. The Hall–Kier alpha value is -1.55. The summed E-state index contributed by atoms with van der Waals surface area (Å²) in [6, 6.07) is 10.3. The molecule has 118 valence electrons. The zero-order chi connectivity index (χ0) is 15.7. The molecule has 21 heavy (non-hydrogen) atoms. The van der Waals surface area contributed by atoms with Gasteiger partial charge in [0.1, 0.15) is 0 Å². The van der Waals surface area contributed by atoms with Gasteiger partial charge in [0.05, 0.1) is 6.54 Å². The third-order valence-electron chi connectivity index (χ3n) is 3.67. The number of benzene rings is 1. The third-order valence-corrected chi connectivity index (χ3v) is 3.67. The summed E-state index contributed by atoms with van der Waals surface area (Å²) in [4.78, 5) is 4.68. The molecule has 0 radical (unpaired) electrons. The Bertz CT molecular complexity index is 421. The summed E-state index contributed by atoms with van der Waals surface area (Å²) >= 11 is 0. The minimum Gasteiger partial charge on any atom is -0.396 e. The number of nitrogens with one attached hydrogen (secondary N) is 2. The van der Waals surface area contributed by atoms with Gasteiger partial charge in [0, 0.05) is 25.6 Å². The minimum absolute atomic E-state index is 0.139. The second-order valence-corrected chi connectivity index (χ2v) is 5.86. The van der Waals surface area contributed by atoms with E-state index >= 15 is 0 Å². The fraction of sp³-hybridized carbons (Fsp3) is 0.588. The van der Waals surface area contributed by atoms with E-state index in [4.69, 9.17) is 0 Å². The summed E-state index contributed by atoms with van der Waals surface area (Å²) < 4.78 is 0. The van der Waals surface area contributed by atoms with Crippen molar-refractivity contribution in [2.45, 2.75) is 33.6 Å². The van der Waals surface area contributed by atoms with E-state index in [0.717, 1.165) is 19.0 Å². The number of rotatable bonds is 7. The molecular weight excluding hydrogens is 262 g/mol. The highest BCUT2D eigenvalue weighted by atomic mass is 16.3. The van der Waals surface area contributed by atoms with Crippen molar-refractivity contribution >= 4 is 5.96 Å². The molecule has 0 amide bonds. The van der Waals surface area contributed by atoms with Crippen LogP contribution in [0.5, 0.6) is 0 Å². The lowest BCUT2D eigenvalue weighted by Crippen LogP contribution is -2.38. The molecule has 1 aromatic carbocycles. The van der Waals surface area contributed by atoms with Crippen molar-refractivity contribution in [1.29, 1.82) is 0 Å². The van der Waals surface area contributed by atoms with E-state index in [-0.39, 0.29) is 17.9 Å². The van der Waals surface area contributed by atoms with Crippen LogP contribution in [0, 0.1) is 5.41 Å². The summed E-state index contributed by atoms with van der Waals surface area (Å²) in [5, 5.41) is 16.2. The van der Waals surface area contributed by atoms with Gasteiger partial charge >= 0.3 is 0 Å². The van der Waals surface area contributed by atoms with Crippen LogP contribution in [-0.2, 0) is 0 Å². The molecule has 0 aliphatic heterocycles. The normalized spacial score (nSPS) is 12.6. The van der Waals surface area contributed by atoms with E-state index in [1.165, 1.54) is 5.56 Å². The van der Waals surface area contributed by atoms with Gasteiger partial charge in [-0.1, -0.05) is 44.2 Å². The number of guanidine groups is 1. The van der Waals surface area contributed by atoms with Crippen LogP contribution in [0.3, 0.4) is 0 Å². The SMILES string of the molecule is CCNC(=NCC(c1ccccc1)C(C)(C)CO)NCC. The van der Waals surface area contributed by atoms with Gasteiger partial charge in [0.25, 0.3) is 0 Å². The van der Waals surface area contributed by atoms with Gasteiger partial charge in [-0.25, -0.2) is 0 Å². The molecule has 3 N–H and O–H groups in total. The van der Waals surface area contributed by atoms with Crippen LogP contribution in [0.4, 0.5) is 0 Å². The number of hydrogen-bond acceptors (Lipinski definition) is 2.